The highest BCUT2D eigenvalue weighted by Gasteiger charge is 2.41. The first-order valence-electron chi connectivity index (χ1n) is 9.54. The third-order valence-electron chi connectivity index (χ3n) is 6.05. The minimum absolute atomic E-state index is 0.0338. The third kappa shape index (κ3) is 3.27. The summed E-state index contributed by atoms with van der Waals surface area (Å²) >= 11 is 0. The molecule has 3 aromatic rings. The van der Waals surface area contributed by atoms with Crippen LogP contribution in [0.4, 0.5) is 4.39 Å². The standard InChI is InChI=1S/C21H22FN3O4S/c1-21(24(2)30(28,29)15-5-3-14(22)4-6-15)9-7-18-16(11-20(26)27)17-12-23-10-8-19(17)25(18)13-21/h3-6,8,10,12H,7,9,11,13H2,1-2H3,(H,26,27). The Labute approximate surface area is 173 Å². The summed E-state index contributed by atoms with van der Waals surface area (Å²) in [5, 5.41) is 10.1. The van der Waals surface area contributed by atoms with E-state index in [9.17, 15) is 22.7 Å². The van der Waals surface area contributed by atoms with Gasteiger partial charge in [0, 0.05) is 37.1 Å². The Bertz CT molecular complexity index is 1240. The average Bonchev–Trinajstić information content (AvgIpc) is 3.00. The van der Waals surface area contributed by atoms with Crippen LogP contribution >= 0.6 is 0 Å². The van der Waals surface area contributed by atoms with E-state index in [1.165, 1.54) is 23.5 Å². The van der Waals surface area contributed by atoms with E-state index in [-0.39, 0.29) is 11.3 Å². The van der Waals surface area contributed by atoms with Crippen LogP contribution in [0.15, 0.2) is 47.6 Å². The van der Waals surface area contributed by atoms with Gasteiger partial charge in [0.25, 0.3) is 0 Å². The van der Waals surface area contributed by atoms with Crippen LogP contribution in [-0.4, -0.2) is 45.9 Å². The van der Waals surface area contributed by atoms with E-state index < -0.39 is 27.3 Å². The lowest BCUT2D eigenvalue weighted by molar-refractivity contribution is -0.136. The van der Waals surface area contributed by atoms with Crippen LogP contribution in [0.5, 0.6) is 0 Å². The van der Waals surface area contributed by atoms with Gasteiger partial charge in [-0.2, -0.15) is 4.31 Å². The van der Waals surface area contributed by atoms with Gasteiger partial charge in [0.15, 0.2) is 0 Å². The molecule has 0 bridgehead atoms. The van der Waals surface area contributed by atoms with Crippen molar-refractivity contribution in [1.82, 2.24) is 13.9 Å². The Morgan fingerprint density at radius 3 is 2.67 bits per heavy atom. The molecular weight excluding hydrogens is 409 g/mol. The molecule has 3 heterocycles. The molecular formula is C21H22FN3O4S. The van der Waals surface area contributed by atoms with E-state index in [1.54, 1.807) is 12.4 Å². The molecule has 1 atom stereocenters. The molecule has 1 N–H and O–H groups in total. The average molecular weight is 431 g/mol. The molecule has 0 amide bonds. The number of sulfonamides is 1. The van der Waals surface area contributed by atoms with Gasteiger partial charge in [-0.05, 0) is 55.7 Å². The van der Waals surface area contributed by atoms with Crippen LogP contribution < -0.4 is 0 Å². The number of benzene rings is 1. The predicted octanol–water partition coefficient (Wildman–Crippen LogP) is 2.83. The molecule has 4 rings (SSSR count). The van der Waals surface area contributed by atoms with Gasteiger partial charge in [0.05, 0.1) is 22.4 Å². The Kier molecular flexibility index (Phi) is 4.90. The Hall–Kier alpha value is -2.78. The van der Waals surface area contributed by atoms with Crippen molar-refractivity contribution in [3.63, 3.8) is 0 Å². The molecule has 1 aromatic carbocycles. The van der Waals surface area contributed by atoms with E-state index in [0.717, 1.165) is 34.3 Å². The highest BCUT2D eigenvalue weighted by Crippen LogP contribution is 2.38. The van der Waals surface area contributed by atoms with Gasteiger partial charge in [-0.1, -0.05) is 0 Å². The predicted molar refractivity (Wildman–Crippen MR) is 109 cm³/mol. The number of nitrogens with zero attached hydrogens (tertiary/aromatic N) is 3. The molecule has 1 unspecified atom stereocenters. The minimum atomic E-state index is -3.83. The number of aliphatic carboxylic acids is 1. The molecule has 30 heavy (non-hydrogen) atoms. The fourth-order valence-electron chi connectivity index (χ4n) is 4.25. The van der Waals surface area contributed by atoms with Crippen molar-refractivity contribution in [2.45, 2.75) is 43.2 Å². The minimum Gasteiger partial charge on any atom is -0.481 e. The number of pyridine rings is 1. The second-order valence-corrected chi connectivity index (χ2v) is 9.87. The number of hydrogen-bond donors (Lipinski definition) is 1. The van der Waals surface area contributed by atoms with E-state index >= 15 is 0 Å². The van der Waals surface area contributed by atoms with Crippen molar-refractivity contribution >= 4 is 26.9 Å². The summed E-state index contributed by atoms with van der Waals surface area (Å²) in [7, 11) is -2.30. The summed E-state index contributed by atoms with van der Waals surface area (Å²) in [6.45, 7) is 2.25. The van der Waals surface area contributed by atoms with Gasteiger partial charge in [0.1, 0.15) is 5.82 Å². The van der Waals surface area contributed by atoms with Crippen molar-refractivity contribution in [2.75, 3.05) is 7.05 Å². The Balaban J connectivity index is 1.76. The molecule has 1 aliphatic heterocycles. The molecule has 0 fully saturated rings. The highest BCUT2D eigenvalue weighted by molar-refractivity contribution is 7.89. The molecule has 0 spiro atoms. The lowest BCUT2D eigenvalue weighted by Crippen LogP contribution is -2.52. The zero-order valence-corrected chi connectivity index (χ0v) is 17.5. The maximum absolute atomic E-state index is 13.3. The van der Waals surface area contributed by atoms with E-state index in [2.05, 4.69) is 4.98 Å². The maximum Gasteiger partial charge on any atom is 0.307 e. The van der Waals surface area contributed by atoms with Crippen molar-refractivity contribution in [2.24, 2.45) is 0 Å². The monoisotopic (exact) mass is 431 g/mol. The second kappa shape index (κ2) is 7.17. The quantitative estimate of drug-likeness (QED) is 0.671. The number of hydrogen-bond acceptors (Lipinski definition) is 4. The number of carboxylic acids is 1. The van der Waals surface area contributed by atoms with Crippen LogP contribution in [0.25, 0.3) is 10.9 Å². The SMILES string of the molecule is CN(C1(C)CCc2c(CC(=O)O)c3cnccc3n2C1)S(=O)(=O)c1ccc(F)cc1. The molecule has 0 saturated heterocycles. The third-order valence-corrected chi connectivity index (χ3v) is 8.08. The second-order valence-electron chi connectivity index (χ2n) is 7.90. The summed E-state index contributed by atoms with van der Waals surface area (Å²) in [5.74, 6) is -1.41. The largest absolute Gasteiger partial charge is 0.481 e. The highest BCUT2D eigenvalue weighted by atomic mass is 32.2. The van der Waals surface area contributed by atoms with Gasteiger partial charge in [-0.25, -0.2) is 12.8 Å². The first kappa shape index (κ1) is 20.5. The fourth-order valence-corrected chi connectivity index (χ4v) is 5.78. The summed E-state index contributed by atoms with van der Waals surface area (Å²) in [6, 6.07) is 6.62. The normalized spacial score (nSPS) is 19.2. The molecule has 7 nitrogen and oxygen atoms in total. The molecule has 0 aliphatic carbocycles. The van der Waals surface area contributed by atoms with Crippen LogP contribution in [0.1, 0.15) is 24.6 Å². The molecule has 0 radical (unpaired) electrons. The zero-order valence-electron chi connectivity index (χ0n) is 16.7. The molecule has 2 aromatic heterocycles. The molecule has 0 saturated carbocycles. The van der Waals surface area contributed by atoms with Crippen molar-refractivity contribution in [1.29, 1.82) is 0 Å². The van der Waals surface area contributed by atoms with E-state index in [0.29, 0.717) is 19.4 Å². The van der Waals surface area contributed by atoms with Gasteiger partial charge < -0.3 is 9.67 Å². The lowest BCUT2D eigenvalue weighted by atomic mass is 9.90. The lowest BCUT2D eigenvalue weighted by Gasteiger charge is -2.42. The molecule has 158 valence electrons. The first-order valence-corrected chi connectivity index (χ1v) is 11.0. The van der Waals surface area contributed by atoms with Gasteiger partial charge in [0.2, 0.25) is 10.0 Å². The zero-order chi connectivity index (χ0) is 21.7. The number of halogens is 1. The summed E-state index contributed by atoms with van der Waals surface area (Å²) < 4.78 is 43.0. The number of rotatable bonds is 5. The summed E-state index contributed by atoms with van der Waals surface area (Å²) in [6.07, 6.45) is 4.27. The van der Waals surface area contributed by atoms with Crippen LogP contribution in [0.2, 0.25) is 0 Å². The molecule has 1 aliphatic rings. The number of likely N-dealkylation sites (N-methyl/N-ethyl adjacent to an activating group) is 1. The number of carbonyl (C=O) groups is 1. The number of carboxylic acid groups (broad SMARTS) is 1. The van der Waals surface area contributed by atoms with Crippen LogP contribution in [0.3, 0.4) is 0 Å². The van der Waals surface area contributed by atoms with Gasteiger partial charge >= 0.3 is 5.97 Å². The van der Waals surface area contributed by atoms with Crippen LogP contribution in [-0.2, 0) is 34.2 Å². The number of aromatic nitrogens is 2. The first-order chi connectivity index (χ1) is 14.1. The van der Waals surface area contributed by atoms with Crippen molar-refractivity contribution in [3.8, 4) is 0 Å². The van der Waals surface area contributed by atoms with Gasteiger partial charge in [-0.15, -0.1) is 0 Å². The Morgan fingerprint density at radius 2 is 2.00 bits per heavy atom. The van der Waals surface area contributed by atoms with Crippen molar-refractivity contribution < 1.29 is 22.7 Å². The van der Waals surface area contributed by atoms with E-state index in [4.69, 9.17) is 0 Å². The van der Waals surface area contributed by atoms with Crippen LogP contribution in [0, 0.1) is 5.82 Å². The molecule has 9 heteroatoms. The topological polar surface area (TPSA) is 92.5 Å². The summed E-state index contributed by atoms with van der Waals surface area (Å²) in [4.78, 5) is 15.6. The number of fused-ring (bicyclic) bond motifs is 3. The summed E-state index contributed by atoms with van der Waals surface area (Å²) in [5.41, 5.74) is 1.74. The Morgan fingerprint density at radius 1 is 1.30 bits per heavy atom. The smallest absolute Gasteiger partial charge is 0.307 e. The van der Waals surface area contributed by atoms with Crippen molar-refractivity contribution in [3.05, 3.63) is 59.8 Å². The van der Waals surface area contributed by atoms with E-state index in [1.807, 2.05) is 17.6 Å². The van der Waals surface area contributed by atoms with Gasteiger partial charge in [-0.3, -0.25) is 9.78 Å². The fraction of sp³-hybridized carbons (Fsp3) is 0.333. The maximum atomic E-state index is 13.3.